The fourth-order valence-electron chi connectivity index (χ4n) is 3.65. The molecule has 0 aliphatic carbocycles. The van der Waals surface area contributed by atoms with Crippen molar-refractivity contribution in [2.45, 2.75) is 12.3 Å². The second-order valence-electron chi connectivity index (χ2n) is 7.72. The number of nitrogens with zero attached hydrogens (tertiary/aromatic N) is 2. The topological polar surface area (TPSA) is 79.8 Å². The van der Waals surface area contributed by atoms with Crippen molar-refractivity contribution in [2.24, 2.45) is 4.99 Å². The molecule has 10 heteroatoms. The summed E-state index contributed by atoms with van der Waals surface area (Å²) in [5.74, 6) is 2.21. The Morgan fingerprint density at radius 1 is 0.943 bits per heavy atom. The van der Waals surface area contributed by atoms with Crippen molar-refractivity contribution in [3.63, 3.8) is 0 Å². The lowest BCUT2D eigenvalue weighted by molar-refractivity contribution is -0.137. The predicted octanol–water partition coefficient (Wildman–Crippen LogP) is 5.63. The number of methoxy groups -OCH3 is 1. The van der Waals surface area contributed by atoms with Gasteiger partial charge in [0.05, 0.1) is 18.2 Å². The third-order valence-electron chi connectivity index (χ3n) is 5.35. The fourth-order valence-corrected chi connectivity index (χ4v) is 3.65. The second-order valence-corrected chi connectivity index (χ2v) is 7.72. The van der Waals surface area contributed by atoms with Gasteiger partial charge in [0.2, 0.25) is 5.96 Å². The highest BCUT2D eigenvalue weighted by atomic mass is 19.4. The summed E-state index contributed by atoms with van der Waals surface area (Å²) in [5, 5.41) is 3.67. The van der Waals surface area contributed by atoms with Crippen LogP contribution in [0, 0.1) is 0 Å². The molecule has 0 amide bonds. The van der Waals surface area contributed by atoms with Crippen molar-refractivity contribution < 1.29 is 22.6 Å². The van der Waals surface area contributed by atoms with Crippen LogP contribution in [-0.4, -0.2) is 18.1 Å². The molecule has 0 fully saturated rings. The van der Waals surface area contributed by atoms with Gasteiger partial charge in [-0.3, -0.25) is 10.4 Å². The van der Waals surface area contributed by atoms with Crippen molar-refractivity contribution in [1.29, 1.82) is 0 Å². The lowest BCUT2D eigenvalue weighted by Crippen LogP contribution is -2.35. The monoisotopic (exact) mass is 479 g/mol. The van der Waals surface area contributed by atoms with Gasteiger partial charge in [-0.25, -0.2) is 10.4 Å². The minimum atomic E-state index is -4.42. The Morgan fingerprint density at radius 2 is 1.80 bits per heavy atom. The molecule has 0 saturated carbocycles. The number of alkyl halides is 3. The second kappa shape index (κ2) is 9.15. The minimum Gasteiger partial charge on any atom is -0.497 e. The first-order chi connectivity index (χ1) is 16.9. The van der Waals surface area contributed by atoms with Crippen LogP contribution in [0.25, 0.3) is 10.9 Å². The molecular weight excluding hydrogens is 459 g/mol. The molecule has 3 N–H and O–H groups in total. The van der Waals surface area contributed by atoms with Crippen LogP contribution in [0.1, 0.15) is 17.3 Å². The molecule has 1 atom stereocenters. The standard InChI is InChI=1S/C25H20F3N5O2/c1-34-18-8-9-21-20(14-18)22(10-11-29-21)35-19-7-2-4-15(12-19)23-31-24(33-32-23)30-17-6-3-5-16(13-17)25(26,27)28/h2-14,23,32H,1H3,(H2,30,31,33). The van der Waals surface area contributed by atoms with Gasteiger partial charge in [-0.1, -0.05) is 18.2 Å². The van der Waals surface area contributed by atoms with E-state index in [2.05, 4.69) is 26.1 Å². The van der Waals surface area contributed by atoms with Gasteiger partial charge < -0.3 is 14.8 Å². The van der Waals surface area contributed by atoms with Crippen LogP contribution in [0.15, 0.2) is 84.0 Å². The number of rotatable bonds is 5. The molecule has 1 aromatic heterocycles. The number of aromatic nitrogens is 1. The average Bonchev–Trinajstić information content (AvgIpc) is 3.32. The van der Waals surface area contributed by atoms with Crippen LogP contribution in [0.2, 0.25) is 0 Å². The van der Waals surface area contributed by atoms with E-state index in [1.165, 1.54) is 12.1 Å². The summed E-state index contributed by atoms with van der Waals surface area (Å²) in [7, 11) is 1.60. The predicted molar refractivity (Wildman–Crippen MR) is 126 cm³/mol. The molecule has 5 rings (SSSR count). The molecule has 1 aliphatic heterocycles. The number of pyridine rings is 1. The van der Waals surface area contributed by atoms with E-state index in [0.717, 1.165) is 28.6 Å². The SMILES string of the molecule is COc1ccc2nccc(Oc3cccc(C4N=C(Nc5cccc(C(F)(F)F)c5)NN4)c3)c2c1. The fraction of sp³-hybridized carbons (Fsp3) is 0.120. The Bertz CT molecular complexity index is 1410. The number of anilines is 1. The zero-order valence-corrected chi connectivity index (χ0v) is 18.4. The van der Waals surface area contributed by atoms with Gasteiger partial charge in [-0.2, -0.15) is 13.2 Å². The minimum absolute atomic E-state index is 0.269. The molecule has 0 spiro atoms. The molecule has 0 saturated heterocycles. The molecule has 35 heavy (non-hydrogen) atoms. The van der Waals surface area contributed by atoms with Gasteiger partial charge >= 0.3 is 6.18 Å². The molecule has 4 aromatic rings. The lowest BCUT2D eigenvalue weighted by Gasteiger charge is -2.12. The van der Waals surface area contributed by atoms with Crippen molar-refractivity contribution in [2.75, 3.05) is 12.4 Å². The van der Waals surface area contributed by atoms with Gasteiger partial charge in [-0.15, -0.1) is 0 Å². The largest absolute Gasteiger partial charge is 0.497 e. The van der Waals surface area contributed by atoms with Crippen LogP contribution in [0.5, 0.6) is 17.2 Å². The van der Waals surface area contributed by atoms with Crippen molar-refractivity contribution in [3.05, 3.63) is 90.1 Å². The van der Waals surface area contributed by atoms with Gasteiger partial charge in [0.25, 0.3) is 0 Å². The van der Waals surface area contributed by atoms with Crippen molar-refractivity contribution in [1.82, 2.24) is 15.8 Å². The quantitative estimate of drug-likeness (QED) is 0.344. The maximum absolute atomic E-state index is 13.0. The highest BCUT2D eigenvalue weighted by Crippen LogP contribution is 2.33. The number of benzene rings is 3. The van der Waals surface area contributed by atoms with E-state index in [1.807, 2.05) is 42.5 Å². The smallest absolute Gasteiger partial charge is 0.416 e. The normalized spacial score (nSPS) is 15.4. The van der Waals surface area contributed by atoms with E-state index in [0.29, 0.717) is 23.2 Å². The lowest BCUT2D eigenvalue weighted by atomic mass is 10.1. The molecule has 3 aromatic carbocycles. The molecule has 1 aliphatic rings. The highest BCUT2D eigenvalue weighted by molar-refractivity contribution is 5.94. The Labute approximate surface area is 198 Å². The maximum Gasteiger partial charge on any atom is 0.416 e. The van der Waals surface area contributed by atoms with Gasteiger partial charge in [0.15, 0.2) is 0 Å². The molecule has 7 nitrogen and oxygen atoms in total. The van der Waals surface area contributed by atoms with E-state index in [4.69, 9.17) is 9.47 Å². The number of halogens is 3. The molecule has 0 bridgehead atoms. The summed E-state index contributed by atoms with van der Waals surface area (Å²) in [5.41, 5.74) is 6.97. The zero-order valence-electron chi connectivity index (χ0n) is 18.4. The molecule has 1 unspecified atom stereocenters. The number of guanidine groups is 1. The van der Waals surface area contributed by atoms with Crippen LogP contribution >= 0.6 is 0 Å². The number of ether oxygens (including phenoxy) is 2. The summed E-state index contributed by atoms with van der Waals surface area (Å²) in [4.78, 5) is 8.85. The Hall–Kier alpha value is -4.31. The summed E-state index contributed by atoms with van der Waals surface area (Å²) >= 11 is 0. The van der Waals surface area contributed by atoms with E-state index < -0.39 is 17.9 Å². The first-order valence-electron chi connectivity index (χ1n) is 10.6. The molecule has 2 heterocycles. The first-order valence-corrected chi connectivity index (χ1v) is 10.6. The summed E-state index contributed by atoms with van der Waals surface area (Å²) < 4.78 is 50.4. The van der Waals surface area contributed by atoms with E-state index in [1.54, 1.807) is 19.4 Å². The van der Waals surface area contributed by atoms with Crippen LogP contribution in [0.3, 0.4) is 0 Å². The molecular formula is C25H20F3N5O2. The average molecular weight is 479 g/mol. The van der Waals surface area contributed by atoms with Crippen LogP contribution in [0.4, 0.5) is 18.9 Å². The Balaban J connectivity index is 1.34. The molecule has 0 radical (unpaired) electrons. The zero-order chi connectivity index (χ0) is 24.4. The number of hydrogen-bond donors (Lipinski definition) is 3. The van der Waals surface area contributed by atoms with Crippen LogP contribution in [-0.2, 0) is 6.18 Å². The summed E-state index contributed by atoms with van der Waals surface area (Å²) in [6, 6.07) is 19.6. The van der Waals surface area contributed by atoms with E-state index in [9.17, 15) is 13.2 Å². The van der Waals surface area contributed by atoms with Crippen LogP contribution < -0.4 is 25.6 Å². The van der Waals surface area contributed by atoms with E-state index in [-0.39, 0.29) is 5.69 Å². The maximum atomic E-state index is 13.0. The van der Waals surface area contributed by atoms with Gasteiger partial charge in [0.1, 0.15) is 23.4 Å². The van der Waals surface area contributed by atoms with E-state index >= 15 is 0 Å². The van der Waals surface area contributed by atoms with Crippen molar-refractivity contribution in [3.8, 4) is 17.2 Å². The first kappa shape index (κ1) is 22.5. The third kappa shape index (κ3) is 4.97. The molecule has 178 valence electrons. The Morgan fingerprint density at radius 3 is 2.63 bits per heavy atom. The number of fused-ring (bicyclic) bond motifs is 1. The number of nitrogens with one attached hydrogen (secondary N) is 3. The number of hydrazine groups is 1. The van der Waals surface area contributed by atoms with Gasteiger partial charge in [0, 0.05) is 17.3 Å². The third-order valence-corrected chi connectivity index (χ3v) is 5.35. The van der Waals surface area contributed by atoms with Gasteiger partial charge in [-0.05, 0) is 60.2 Å². The van der Waals surface area contributed by atoms with Crippen molar-refractivity contribution >= 4 is 22.5 Å². The number of aliphatic imine (C=N–C) groups is 1. The highest BCUT2D eigenvalue weighted by Gasteiger charge is 2.30. The summed E-state index contributed by atoms with van der Waals surface area (Å²) in [6.07, 6.45) is -3.22. The Kier molecular flexibility index (Phi) is 5.87. The summed E-state index contributed by atoms with van der Waals surface area (Å²) in [6.45, 7) is 0. The number of hydrogen-bond acceptors (Lipinski definition) is 7.